The van der Waals surface area contributed by atoms with Gasteiger partial charge >= 0.3 is 0 Å². The first-order valence-corrected chi connectivity index (χ1v) is 9.54. The van der Waals surface area contributed by atoms with E-state index in [9.17, 15) is 9.59 Å². The highest BCUT2D eigenvalue weighted by atomic mass is 16.2. The molecule has 0 radical (unpaired) electrons. The van der Waals surface area contributed by atoms with Crippen LogP contribution in [-0.2, 0) is 0 Å². The second kappa shape index (κ2) is 7.16. The van der Waals surface area contributed by atoms with Crippen LogP contribution in [0.5, 0.6) is 0 Å². The molecule has 2 heterocycles. The average molecular weight is 363 g/mol. The summed E-state index contributed by atoms with van der Waals surface area (Å²) in [5.74, 6) is -0.325. The summed E-state index contributed by atoms with van der Waals surface area (Å²) >= 11 is 0. The number of rotatable bonds is 4. The molecule has 2 amide bonds. The van der Waals surface area contributed by atoms with Crippen molar-refractivity contribution in [2.24, 2.45) is 0 Å². The van der Waals surface area contributed by atoms with E-state index in [1.165, 1.54) is 21.7 Å². The highest BCUT2D eigenvalue weighted by Gasteiger charge is 2.35. The minimum Gasteiger partial charge on any atom is -0.369 e. The maximum Gasteiger partial charge on any atom is 0.261 e. The zero-order chi connectivity index (χ0) is 19.0. The lowest BCUT2D eigenvalue weighted by atomic mass is 10.1. The normalized spacial score (nSPS) is 17.6. The minimum atomic E-state index is -0.163. The molecule has 2 aliphatic heterocycles. The smallest absolute Gasteiger partial charge is 0.261 e. The van der Waals surface area contributed by atoms with E-state index in [0.717, 1.165) is 32.7 Å². The zero-order valence-corrected chi connectivity index (χ0v) is 15.9. The predicted molar refractivity (Wildman–Crippen MR) is 106 cm³/mol. The van der Waals surface area contributed by atoms with Crippen molar-refractivity contribution in [1.82, 2.24) is 9.80 Å². The van der Waals surface area contributed by atoms with Gasteiger partial charge in [-0.15, -0.1) is 0 Å². The summed E-state index contributed by atoms with van der Waals surface area (Å²) in [6.07, 6.45) is 0. The second-order valence-electron chi connectivity index (χ2n) is 7.48. The van der Waals surface area contributed by atoms with Gasteiger partial charge in [-0.1, -0.05) is 18.2 Å². The standard InChI is InChI=1S/C22H25N3O2/c1-16-13-17(2)15-18(14-16)24-10-7-23(8-11-24)9-12-25-21(26)19-5-3-4-6-20(19)22(25)27/h3-6,13-15H,7-12H2,1-2H3. The van der Waals surface area contributed by atoms with E-state index in [4.69, 9.17) is 0 Å². The van der Waals surface area contributed by atoms with Crippen molar-refractivity contribution in [3.8, 4) is 0 Å². The molecule has 2 aromatic rings. The van der Waals surface area contributed by atoms with Gasteiger partial charge in [0.2, 0.25) is 0 Å². The minimum absolute atomic E-state index is 0.163. The van der Waals surface area contributed by atoms with Gasteiger partial charge in [-0.2, -0.15) is 0 Å². The monoisotopic (exact) mass is 363 g/mol. The molecule has 5 nitrogen and oxygen atoms in total. The van der Waals surface area contributed by atoms with Crippen LogP contribution in [0.1, 0.15) is 31.8 Å². The number of carbonyl (C=O) groups is 2. The number of piperazine rings is 1. The Kier molecular flexibility index (Phi) is 4.70. The first-order chi connectivity index (χ1) is 13.0. The first-order valence-electron chi connectivity index (χ1n) is 9.54. The number of fused-ring (bicyclic) bond motifs is 1. The molecule has 0 spiro atoms. The van der Waals surface area contributed by atoms with E-state index in [0.29, 0.717) is 17.7 Å². The third kappa shape index (κ3) is 3.47. The lowest BCUT2D eigenvalue weighted by Crippen LogP contribution is -2.49. The molecule has 0 atom stereocenters. The van der Waals surface area contributed by atoms with Crippen molar-refractivity contribution in [2.75, 3.05) is 44.2 Å². The van der Waals surface area contributed by atoms with E-state index in [-0.39, 0.29) is 11.8 Å². The van der Waals surface area contributed by atoms with Crippen LogP contribution in [0, 0.1) is 13.8 Å². The average Bonchev–Trinajstić information content (AvgIpc) is 2.91. The Morgan fingerprint density at radius 2 is 1.33 bits per heavy atom. The zero-order valence-electron chi connectivity index (χ0n) is 15.9. The van der Waals surface area contributed by atoms with Gasteiger partial charge in [0.1, 0.15) is 0 Å². The van der Waals surface area contributed by atoms with E-state index >= 15 is 0 Å². The number of benzene rings is 2. The summed E-state index contributed by atoms with van der Waals surface area (Å²) in [5.41, 5.74) is 4.92. The van der Waals surface area contributed by atoms with Crippen LogP contribution in [0.4, 0.5) is 5.69 Å². The topological polar surface area (TPSA) is 43.9 Å². The number of imide groups is 1. The fourth-order valence-corrected chi connectivity index (χ4v) is 4.05. The number of anilines is 1. The van der Waals surface area contributed by atoms with Crippen LogP contribution in [0.15, 0.2) is 42.5 Å². The Bertz CT molecular complexity index is 830. The second-order valence-corrected chi connectivity index (χ2v) is 7.48. The van der Waals surface area contributed by atoms with Crippen molar-refractivity contribution in [1.29, 1.82) is 0 Å². The fourth-order valence-electron chi connectivity index (χ4n) is 4.05. The maximum absolute atomic E-state index is 12.5. The maximum atomic E-state index is 12.5. The van der Waals surface area contributed by atoms with Crippen molar-refractivity contribution >= 4 is 17.5 Å². The number of carbonyl (C=O) groups excluding carboxylic acids is 2. The molecule has 0 bridgehead atoms. The van der Waals surface area contributed by atoms with Crippen LogP contribution >= 0.6 is 0 Å². The molecule has 0 aromatic heterocycles. The van der Waals surface area contributed by atoms with Gasteiger partial charge in [-0.05, 0) is 49.2 Å². The molecule has 0 aliphatic carbocycles. The van der Waals surface area contributed by atoms with E-state index in [1.807, 2.05) is 0 Å². The van der Waals surface area contributed by atoms with E-state index in [1.54, 1.807) is 24.3 Å². The van der Waals surface area contributed by atoms with Crippen LogP contribution in [0.25, 0.3) is 0 Å². The molecular weight excluding hydrogens is 338 g/mol. The molecule has 2 aliphatic rings. The third-order valence-corrected chi connectivity index (χ3v) is 5.46. The van der Waals surface area contributed by atoms with Crippen LogP contribution in [0.3, 0.4) is 0 Å². The molecule has 2 aromatic carbocycles. The lowest BCUT2D eigenvalue weighted by Gasteiger charge is -2.36. The van der Waals surface area contributed by atoms with E-state index in [2.05, 4.69) is 41.8 Å². The summed E-state index contributed by atoms with van der Waals surface area (Å²) in [4.78, 5) is 31.1. The molecule has 27 heavy (non-hydrogen) atoms. The number of nitrogens with zero attached hydrogens (tertiary/aromatic N) is 3. The van der Waals surface area contributed by atoms with Gasteiger partial charge in [0.15, 0.2) is 0 Å². The highest BCUT2D eigenvalue weighted by molar-refractivity contribution is 6.21. The Labute approximate surface area is 160 Å². The summed E-state index contributed by atoms with van der Waals surface area (Å²) in [6, 6.07) is 13.8. The third-order valence-electron chi connectivity index (χ3n) is 5.46. The van der Waals surface area contributed by atoms with Gasteiger partial charge in [0, 0.05) is 45.0 Å². The van der Waals surface area contributed by atoms with Gasteiger partial charge in [0.25, 0.3) is 11.8 Å². The summed E-state index contributed by atoms with van der Waals surface area (Å²) in [7, 11) is 0. The molecule has 4 rings (SSSR count). The van der Waals surface area contributed by atoms with Crippen LogP contribution < -0.4 is 4.90 Å². The van der Waals surface area contributed by atoms with Gasteiger partial charge in [0.05, 0.1) is 11.1 Å². The van der Waals surface area contributed by atoms with Gasteiger partial charge < -0.3 is 4.90 Å². The van der Waals surface area contributed by atoms with Gasteiger partial charge in [-0.3, -0.25) is 19.4 Å². The number of aryl methyl sites for hydroxylation is 2. The van der Waals surface area contributed by atoms with Crippen molar-refractivity contribution in [3.63, 3.8) is 0 Å². The SMILES string of the molecule is Cc1cc(C)cc(N2CCN(CCN3C(=O)c4ccccc4C3=O)CC2)c1. The van der Waals surface area contributed by atoms with Crippen molar-refractivity contribution in [3.05, 3.63) is 64.7 Å². The molecule has 0 unspecified atom stereocenters. The number of hydrogen-bond acceptors (Lipinski definition) is 4. The molecule has 0 N–H and O–H groups in total. The number of hydrogen-bond donors (Lipinski definition) is 0. The fraction of sp³-hybridized carbons (Fsp3) is 0.364. The lowest BCUT2D eigenvalue weighted by molar-refractivity contribution is 0.0635. The summed E-state index contributed by atoms with van der Waals surface area (Å²) in [6.45, 7) is 9.26. The molecule has 1 saturated heterocycles. The van der Waals surface area contributed by atoms with Crippen LogP contribution in [0.2, 0.25) is 0 Å². The summed E-state index contributed by atoms with van der Waals surface area (Å²) < 4.78 is 0. The highest BCUT2D eigenvalue weighted by Crippen LogP contribution is 2.23. The Morgan fingerprint density at radius 1 is 0.778 bits per heavy atom. The summed E-state index contributed by atoms with van der Waals surface area (Å²) in [5, 5.41) is 0. The molecule has 1 fully saturated rings. The first kappa shape index (κ1) is 17.7. The quantitative estimate of drug-likeness (QED) is 0.784. The Balaban J connectivity index is 1.33. The molecule has 140 valence electrons. The predicted octanol–water partition coefficient (Wildman–Crippen LogP) is 2.72. The van der Waals surface area contributed by atoms with Crippen molar-refractivity contribution < 1.29 is 9.59 Å². The van der Waals surface area contributed by atoms with Gasteiger partial charge in [-0.25, -0.2) is 0 Å². The Morgan fingerprint density at radius 3 is 1.89 bits per heavy atom. The van der Waals surface area contributed by atoms with E-state index < -0.39 is 0 Å². The largest absolute Gasteiger partial charge is 0.369 e. The number of amides is 2. The van der Waals surface area contributed by atoms with Crippen LogP contribution in [-0.4, -0.2) is 60.9 Å². The molecule has 0 saturated carbocycles. The molecule has 5 heteroatoms. The Hall–Kier alpha value is -2.66. The van der Waals surface area contributed by atoms with Crippen molar-refractivity contribution in [2.45, 2.75) is 13.8 Å². The molecular formula is C22H25N3O2.